The summed E-state index contributed by atoms with van der Waals surface area (Å²) in [5.74, 6) is 0.0217. The molecule has 2 aliphatic rings. The van der Waals surface area contributed by atoms with Crippen LogP contribution >= 0.6 is 12.4 Å². The molecule has 156 valence electrons. The number of ether oxygens (including phenoxy) is 1. The van der Waals surface area contributed by atoms with Gasteiger partial charge >= 0.3 is 0 Å². The predicted molar refractivity (Wildman–Crippen MR) is 112 cm³/mol. The molecule has 2 amide bonds. The molecule has 2 aliphatic heterocycles. The first kappa shape index (κ1) is 22.7. The molecule has 0 radical (unpaired) electrons. The third kappa shape index (κ3) is 5.25. The summed E-state index contributed by atoms with van der Waals surface area (Å²) in [6.07, 6.45) is 3.13. The molecule has 28 heavy (non-hydrogen) atoms. The molecule has 1 atom stereocenters. The van der Waals surface area contributed by atoms with E-state index in [9.17, 15) is 9.59 Å². The Hall–Kier alpha value is -1.63. The average Bonchev–Trinajstić information content (AvgIpc) is 2.67. The number of nitrogens with one attached hydrogen (secondary N) is 2. The van der Waals surface area contributed by atoms with Crippen molar-refractivity contribution in [2.75, 3.05) is 39.9 Å². The number of rotatable bonds is 6. The van der Waals surface area contributed by atoms with Gasteiger partial charge in [0.25, 0.3) is 0 Å². The molecule has 1 aromatic carbocycles. The van der Waals surface area contributed by atoms with Crippen molar-refractivity contribution in [2.45, 2.75) is 38.6 Å². The van der Waals surface area contributed by atoms with Gasteiger partial charge in [-0.05, 0) is 43.5 Å². The lowest BCUT2D eigenvalue weighted by Gasteiger charge is -2.38. The minimum absolute atomic E-state index is 0. The standard InChI is InChI=1S/C21H31N3O3.ClH/c1-16(25)24-12-7-17-5-3-4-6-18(17)19(24)13-20(26)23-14-21(15-27-2)8-10-22-11-9-21;/h3-6,19,22H,7-15H2,1-2H3,(H,23,26);1H. The highest BCUT2D eigenvalue weighted by Crippen LogP contribution is 2.33. The van der Waals surface area contributed by atoms with E-state index in [-0.39, 0.29) is 35.7 Å². The molecule has 1 unspecified atom stereocenters. The van der Waals surface area contributed by atoms with Crippen LogP contribution in [0.1, 0.15) is 43.4 Å². The maximum absolute atomic E-state index is 12.8. The highest BCUT2D eigenvalue weighted by atomic mass is 35.5. The van der Waals surface area contributed by atoms with Gasteiger partial charge in [0, 0.05) is 32.5 Å². The van der Waals surface area contributed by atoms with Crippen molar-refractivity contribution in [3.05, 3.63) is 35.4 Å². The van der Waals surface area contributed by atoms with Crippen molar-refractivity contribution in [2.24, 2.45) is 5.41 Å². The Balaban J connectivity index is 0.00000280. The Bertz CT molecular complexity index is 671. The Kier molecular flexibility index (Phi) is 8.28. The quantitative estimate of drug-likeness (QED) is 0.754. The van der Waals surface area contributed by atoms with Gasteiger partial charge in [-0.3, -0.25) is 9.59 Å². The zero-order valence-electron chi connectivity index (χ0n) is 16.8. The smallest absolute Gasteiger partial charge is 0.222 e. The highest BCUT2D eigenvalue weighted by Gasteiger charge is 2.34. The normalized spacial score (nSPS) is 20.6. The molecule has 1 saturated heterocycles. The summed E-state index contributed by atoms with van der Waals surface area (Å²) in [6.45, 7) is 5.43. The van der Waals surface area contributed by atoms with Crippen LogP contribution in [0.15, 0.2) is 24.3 Å². The molecule has 2 N–H and O–H groups in total. The number of hydrogen-bond acceptors (Lipinski definition) is 4. The summed E-state index contributed by atoms with van der Waals surface area (Å²) in [5.41, 5.74) is 2.34. The van der Waals surface area contributed by atoms with E-state index in [4.69, 9.17) is 4.74 Å². The summed E-state index contributed by atoms with van der Waals surface area (Å²) in [6, 6.07) is 7.96. The number of hydrogen-bond donors (Lipinski definition) is 2. The number of methoxy groups -OCH3 is 1. The van der Waals surface area contributed by atoms with Crippen LogP contribution in [0.5, 0.6) is 0 Å². The maximum atomic E-state index is 12.8. The monoisotopic (exact) mass is 409 g/mol. The van der Waals surface area contributed by atoms with Gasteiger partial charge in [-0.1, -0.05) is 24.3 Å². The molecule has 3 rings (SSSR count). The summed E-state index contributed by atoms with van der Waals surface area (Å²) in [5, 5.41) is 6.50. The third-order valence-corrected chi connectivity index (χ3v) is 5.97. The second-order valence-corrected chi connectivity index (χ2v) is 7.84. The van der Waals surface area contributed by atoms with Gasteiger partial charge in [0.1, 0.15) is 0 Å². The number of nitrogens with zero attached hydrogens (tertiary/aromatic N) is 1. The van der Waals surface area contributed by atoms with Crippen LogP contribution in [0.3, 0.4) is 0 Å². The van der Waals surface area contributed by atoms with Gasteiger partial charge in [-0.15, -0.1) is 12.4 Å². The van der Waals surface area contributed by atoms with E-state index in [1.165, 1.54) is 5.56 Å². The largest absolute Gasteiger partial charge is 0.384 e. The molecule has 1 fully saturated rings. The average molecular weight is 410 g/mol. The molecule has 2 heterocycles. The lowest BCUT2D eigenvalue weighted by molar-refractivity contribution is -0.133. The summed E-state index contributed by atoms with van der Waals surface area (Å²) in [4.78, 5) is 26.7. The zero-order valence-corrected chi connectivity index (χ0v) is 17.6. The first-order valence-electron chi connectivity index (χ1n) is 9.86. The predicted octanol–water partition coefficient (Wildman–Crippen LogP) is 2.08. The van der Waals surface area contributed by atoms with E-state index in [1.807, 2.05) is 23.1 Å². The number of piperidine rings is 1. The fourth-order valence-corrected chi connectivity index (χ4v) is 4.42. The lowest BCUT2D eigenvalue weighted by atomic mass is 9.79. The lowest BCUT2D eigenvalue weighted by Crippen LogP contribution is -2.48. The van der Waals surface area contributed by atoms with Gasteiger partial charge < -0.3 is 20.3 Å². The van der Waals surface area contributed by atoms with Crippen LogP contribution < -0.4 is 10.6 Å². The molecular weight excluding hydrogens is 378 g/mol. The Morgan fingerprint density at radius 2 is 2.00 bits per heavy atom. The van der Waals surface area contributed by atoms with Gasteiger partial charge in [0.2, 0.25) is 11.8 Å². The molecule has 0 aliphatic carbocycles. The second-order valence-electron chi connectivity index (χ2n) is 7.84. The summed E-state index contributed by atoms with van der Waals surface area (Å²) in [7, 11) is 1.72. The van der Waals surface area contributed by atoms with Crippen LogP contribution in [0, 0.1) is 5.41 Å². The number of amides is 2. The minimum atomic E-state index is -0.182. The Labute approximate surface area is 173 Å². The second kappa shape index (κ2) is 10.2. The molecular formula is C21H32ClN3O3. The zero-order chi connectivity index (χ0) is 19.3. The molecule has 0 saturated carbocycles. The van der Waals surface area contributed by atoms with Crippen molar-refractivity contribution in [3.63, 3.8) is 0 Å². The van der Waals surface area contributed by atoms with Crippen molar-refractivity contribution < 1.29 is 14.3 Å². The fourth-order valence-electron chi connectivity index (χ4n) is 4.42. The number of benzene rings is 1. The summed E-state index contributed by atoms with van der Waals surface area (Å²) >= 11 is 0. The Morgan fingerprint density at radius 3 is 2.68 bits per heavy atom. The Morgan fingerprint density at radius 1 is 1.29 bits per heavy atom. The van der Waals surface area contributed by atoms with Crippen LogP contribution in [-0.2, 0) is 20.7 Å². The first-order chi connectivity index (χ1) is 13.0. The molecule has 0 aromatic heterocycles. The summed E-state index contributed by atoms with van der Waals surface area (Å²) < 4.78 is 5.43. The van der Waals surface area contributed by atoms with Crippen molar-refractivity contribution >= 4 is 24.2 Å². The van der Waals surface area contributed by atoms with Gasteiger partial charge in [0.05, 0.1) is 19.1 Å². The third-order valence-electron chi connectivity index (χ3n) is 5.97. The van der Waals surface area contributed by atoms with Crippen molar-refractivity contribution in [1.82, 2.24) is 15.5 Å². The molecule has 6 nitrogen and oxygen atoms in total. The van der Waals surface area contributed by atoms with Gasteiger partial charge in [0.15, 0.2) is 0 Å². The fraction of sp³-hybridized carbons (Fsp3) is 0.619. The van der Waals surface area contributed by atoms with E-state index in [1.54, 1.807) is 14.0 Å². The molecule has 7 heteroatoms. The molecule has 0 bridgehead atoms. The van der Waals surface area contributed by atoms with E-state index < -0.39 is 0 Å². The minimum Gasteiger partial charge on any atom is -0.384 e. The highest BCUT2D eigenvalue weighted by molar-refractivity contribution is 5.85. The van der Waals surface area contributed by atoms with E-state index in [0.717, 1.165) is 37.9 Å². The van der Waals surface area contributed by atoms with E-state index in [0.29, 0.717) is 26.1 Å². The van der Waals surface area contributed by atoms with Crippen LogP contribution in [0.4, 0.5) is 0 Å². The molecule has 1 aromatic rings. The van der Waals surface area contributed by atoms with E-state index in [2.05, 4.69) is 16.7 Å². The topological polar surface area (TPSA) is 70.7 Å². The van der Waals surface area contributed by atoms with Crippen LogP contribution in [0.25, 0.3) is 0 Å². The number of carbonyl (C=O) groups excluding carboxylic acids is 2. The van der Waals surface area contributed by atoms with Crippen LogP contribution in [0.2, 0.25) is 0 Å². The van der Waals surface area contributed by atoms with Crippen molar-refractivity contribution in [3.8, 4) is 0 Å². The maximum Gasteiger partial charge on any atom is 0.222 e. The number of carbonyl (C=O) groups is 2. The van der Waals surface area contributed by atoms with E-state index >= 15 is 0 Å². The molecule has 0 spiro atoms. The van der Waals surface area contributed by atoms with Crippen LogP contribution in [-0.4, -0.2) is 56.6 Å². The first-order valence-corrected chi connectivity index (χ1v) is 9.86. The van der Waals surface area contributed by atoms with Gasteiger partial charge in [-0.2, -0.15) is 0 Å². The number of fused-ring (bicyclic) bond motifs is 1. The SMILES string of the molecule is COCC1(CNC(=O)CC2c3ccccc3CCN2C(C)=O)CCNCC1.Cl. The van der Waals surface area contributed by atoms with Gasteiger partial charge in [-0.25, -0.2) is 0 Å². The van der Waals surface area contributed by atoms with Crippen molar-refractivity contribution in [1.29, 1.82) is 0 Å². The number of halogens is 1.